The van der Waals surface area contributed by atoms with Gasteiger partial charge >= 0.3 is 0 Å². The Morgan fingerprint density at radius 1 is 1.06 bits per heavy atom. The fraction of sp³-hybridized carbons (Fsp3) is 0.545. The molecule has 2 amide bonds. The lowest BCUT2D eigenvalue weighted by atomic mass is 9.85. The Labute approximate surface area is 200 Å². The summed E-state index contributed by atoms with van der Waals surface area (Å²) >= 11 is 0. The van der Waals surface area contributed by atoms with E-state index in [0.717, 1.165) is 38.2 Å². The molecule has 31 heavy (non-hydrogen) atoms. The molecule has 1 aromatic heterocycles. The van der Waals surface area contributed by atoms with E-state index in [1.54, 1.807) is 13.2 Å². The van der Waals surface area contributed by atoms with Crippen molar-refractivity contribution in [1.82, 2.24) is 20.5 Å². The zero-order valence-corrected chi connectivity index (χ0v) is 20.1. The van der Waals surface area contributed by atoms with Crippen molar-refractivity contribution in [2.45, 2.75) is 19.3 Å². The van der Waals surface area contributed by atoms with Crippen LogP contribution < -0.4 is 16.0 Å². The van der Waals surface area contributed by atoms with Crippen molar-refractivity contribution in [3.05, 3.63) is 36.5 Å². The van der Waals surface area contributed by atoms with Gasteiger partial charge in [-0.05, 0) is 43.2 Å². The number of nitrogens with one attached hydrogen (secondary N) is 3. The molecule has 168 valence electrons. The molecule has 1 aliphatic heterocycles. The number of unbranched alkanes of at least 4 members (excludes halogenated alkanes) is 1. The summed E-state index contributed by atoms with van der Waals surface area (Å²) in [4.78, 5) is 35.3. The molecule has 1 aromatic rings. The Hall–Kier alpha value is -2.17. The van der Waals surface area contributed by atoms with Crippen molar-refractivity contribution in [1.29, 1.82) is 0 Å². The van der Waals surface area contributed by atoms with Crippen molar-refractivity contribution in [2.75, 3.05) is 38.5 Å². The van der Waals surface area contributed by atoms with E-state index >= 15 is 0 Å². The summed E-state index contributed by atoms with van der Waals surface area (Å²) in [6.07, 6.45) is 8.98. The second-order valence-corrected chi connectivity index (χ2v) is 8.10. The number of anilines is 1. The van der Waals surface area contributed by atoms with Crippen LogP contribution >= 0.6 is 24.0 Å². The van der Waals surface area contributed by atoms with E-state index in [4.69, 9.17) is 0 Å². The average Bonchev–Trinajstić information content (AvgIpc) is 3.45. The minimum absolute atomic E-state index is 0. The number of imide groups is 1. The van der Waals surface area contributed by atoms with E-state index in [1.165, 1.54) is 4.90 Å². The normalized spacial score (nSPS) is 26.1. The summed E-state index contributed by atoms with van der Waals surface area (Å²) in [6.45, 7) is 2.55. The second-order valence-electron chi connectivity index (χ2n) is 8.10. The highest BCUT2D eigenvalue weighted by Crippen LogP contribution is 2.52. The Morgan fingerprint density at radius 3 is 2.39 bits per heavy atom. The monoisotopic (exact) mass is 538 g/mol. The first-order valence-electron chi connectivity index (χ1n) is 10.8. The highest BCUT2D eigenvalue weighted by molar-refractivity contribution is 14.0. The van der Waals surface area contributed by atoms with Gasteiger partial charge in [0.25, 0.3) is 0 Å². The number of aliphatic imine (C=N–C) groups is 1. The number of hydrogen-bond acceptors (Lipinski definition) is 5. The summed E-state index contributed by atoms with van der Waals surface area (Å²) in [5.41, 5.74) is 0. The molecule has 4 atom stereocenters. The number of rotatable bonds is 9. The first kappa shape index (κ1) is 23.5. The number of aromatic nitrogens is 1. The molecule has 2 aliphatic carbocycles. The predicted octanol–water partition coefficient (Wildman–Crippen LogP) is 1.86. The van der Waals surface area contributed by atoms with E-state index < -0.39 is 0 Å². The van der Waals surface area contributed by atoms with Crippen molar-refractivity contribution in [3.8, 4) is 0 Å². The lowest BCUT2D eigenvalue weighted by Crippen LogP contribution is -2.43. The summed E-state index contributed by atoms with van der Waals surface area (Å²) < 4.78 is 0. The third-order valence-corrected chi connectivity index (χ3v) is 6.28. The number of guanidine groups is 1. The van der Waals surface area contributed by atoms with E-state index in [-0.39, 0.29) is 59.5 Å². The third kappa shape index (κ3) is 5.19. The number of pyridine rings is 1. The molecule has 2 bridgehead atoms. The molecule has 0 aromatic carbocycles. The van der Waals surface area contributed by atoms with Crippen LogP contribution in [0.5, 0.6) is 0 Å². The number of nitrogens with zero attached hydrogens (tertiary/aromatic N) is 3. The summed E-state index contributed by atoms with van der Waals surface area (Å²) in [5, 5.41) is 9.78. The molecule has 1 saturated heterocycles. The lowest BCUT2D eigenvalue weighted by Gasteiger charge is -2.18. The van der Waals surface area contributed by atoms with Gasteiger partial charge in [-0.25, -0.2) is 4.98 Å². The van der Waals surface area contributed by atoms with Crippen LogP contribution in [-0.4, -0.2) is 60.9 Å². The van der Waals surface area contributed by atoms with E-state index in [1.807, 2.05) is 18.2 Å². The van der Waals surface area contributed by atoms with Gasteiger partial charge < -0.3 is 16.0 Å². The molecule has 3 N–H and O–H groups in total. The number of carbonyl (C=O) groups is 2. The molecule has 0 spiro atoms. The van der Waals surface area contributed by atoms with Crippen molar-refractivity contribution in [3.63, 3.8) is 0 Å². The zero-order chi connectivity index (χ0) is 20.9. The van der Waals surface area contributed by atoms with Crippen LogP contribution in [0.2, 0.25) is 0 Å². The van der Waals surface area contributed by atoms with E-state index in [9.17, 15) is 9.59 Å². The topological polar surface area (TPSA) is 98.7 Å². The van der Waals surface area contributed by atoms with Gasteiger partial charge in [-0.1, -0.05) is 18.2 Å². The Balaban J connectivity index is 0.00000272. The fourth-order valence-corrected chi connectivity index (χ4v) is 4.83. The van der Waals surface area contributed by atoms with Crippen molar-refractivity contribution >= 4 is 47.6 Å². The molecule has 9 heteroatoms. The first-order valence-corrected chi connectivity index (χ1v) is 10.8. The minimum atomic E-state index is -0.121. The van der Waals surface area contributed by atoms with Crippen LogP contribution in [0, 0.1) is 23.7 Å². The van der Waals surface area contributed by atoms with Crippen molar-refractivity contribution in [2.24, 2.45) is 28.7 Å². The first-order chi connectivity index (χ1) is 14.7. The number of fused-ring (bicyclic) bond motifs is 5. The third-order valence-electron chi connectivity index (χ3n) is 6.28. The maximum atomic E-state index is 12.7. The number of likely N-dealkylation sites (tertiary alicyclic amines) is 1. The van der Waals surface area contributed by atoms with Gasteiger partial charge in [0.15, 0.2) is 5.96 Å². The zero-order valence-electron chi connectivity index (χ0n) is 17.8. The minimum Gasteiger partial charge on any atom is -0.370 e. The highest BCUT2D eigenvalue weighted by Gasteiger charge is 2.58. The lowest BCUT2D eigenvalue weighted by molar-refractivity contribution is -0.140. The number of hydrogen-bond donors (Lipinski definition) is 3. The van der Waals surface area contributed by atoms with Crippen LogP contribution in [0.3, 0.4) is 0 Å². The molecule has 2 heterocycles. The van der Waals surface area contributed by atoms with Crippen LogP contribution in [0.4, 0.5) is 5.82 Å². The maximum Gasteiger partial charge on any atom is 0.233 e. The number of allylic oxidation sites excluding steroid dienone is 2. The highest BCUT2D eigenvalue weighted by atomic mass is 127. The number of halogens is 1. The Bertz CT molecular complexity index is 801. The van der Waals surface area contributed by atoms with Gasteiger partial charge in [0.2, 0.25) is 11.8 Å². The number of amides is 2. The van der Waals surface area contributed by atoms with Crippen LogP contribution in [0.1, 0.15) is 19.3 Å². The van der Waals surface area contributed by atoms with Gasteiger partial charge in [0.1, 0.15) is 5.82 Å². The predicted molar refractivity (Wildman–Crippen MR) is 131 cm³/mol. The molecule has 3 aliphatic rings. The quantitative estimate of drug-likeness (QED) is 0.111. The molecular weight excluding hydrogens is 507 g/mol. The van der Waals surface area contributed by atoms with E-state index in [0.29, 0.717) is 19.0 Å². The van der Waals surface area contributed by atoms with Gasteiger partial charge in [-0.2, -0.15) is 0 Å². The van der Waals surface area contributed by atoms with Crippen LogP contribution in [0.25, 0.3) is 0 Å². The van der Waals surface area contributed by atoms with Crippen LogP contribution in [-0.2, 0) is 9.59 Å². The van der Waals surface area contributed by atoms with Gasteiger partial charge in [0.05, 0.1) is 11.8 Å². The second kappa shape index (κ2) is 10.9. The van der Waals surface area contributed by atoms with Crippen molar-refractivity contribution < 1.29 is 9.59 Å². The molecular formula is C22H31IN6O2. The summed E-state index contributed by atoms with van der Waals surface area (Å²) in [6, 6.07) is 5.81. The van der Waals surface area contributed by atoms with Gasteiger partial charge in [-0.15, -0.1) is 24.0 Å². The summed E-state index contributed by atoms with van der Waals surface area (Å²) in [5.74, 6) is 1.87. The van der Waals surface area contributed by atoms with Gasteiger partial charge in [-0.3, -0.25) is 19.5 Å². The maximum absolute atomic E-state index is 12.7. The Kier molecular flexibility index (Phi) is 8.28. The SMILES string of the molecule is CN=C(NCCCCNc1ccccn1)NCCN1C(=O)C2C3C=CC(C3)C2C1=O.I. The largest absolute Gasteiger partial charge is 0.370 e. The molecule has 8 nitrogen and oxygen atoms in total. The van der Waals surface area contributed by atoms with Gasteiger partial charge in [0, 0.05) is 39.4 Å². The molecule has 2 fully saturated rings. The van der Waals surface area contributed by atoms with Crippen LogP contribution in [0.15, 0.2) is 41.5 Å². The molecule has 0 radical (unpaired) electrons. The molecule has 1 saturated carbocycles. The number of carbonyl (C=O) groups excluding carboxylic acids is 2. The average molecular weight is 538 g/mol. The fourth-order valence-electron chi connectivity index (χ4n) is 4.83. The van der Waals surface area contributed by atoms with E-state index in [2.05, 4.69) is 38.1 Å². The molecule has 4 unspecified atom stereocenters. The summed E-state index contributed by atoms with van der Waals surface area (Å²) in [7, 11) is 1.72. The Morgan fingerprint density at radius 2 is 1.74 bits per heavy atom. The molecule has 4 rings (SSSR count). The smallest absolute Gasteiger partial charge is 0.233 e. The standard InChI is InChI=1S/C22H30N6O2.HI/c1-23-22(26-11-5-4-10-25-17-6-2-3-9-24-17)27-12-13-28-20(29)18-15-7-8-16(14-15)19(18)21(28)30;/h2-3,6-9,15-16,18-19H,4-5,10-14H2,1H3,(H,24,25)(H2,23,26,27);1H.